The average molecular weight is 604 g/mol. The van der Waals surface area contributed by atoms with Gasteiger partial charge in [0.05, 0.1) is 6.85 Å². The minimum absolute atomic E-state index is 0.157. The van der Waals surface area contributed by atoms with Gasteiger partial charge < -0.3 is 4.42 Å². The Morgan fingerprint density at radius 1 is 0.553 bits per heavy atom. The molecule has 0 saturated carbocycles. The molecule has 2 unspecified atom stereocenters. The lowest BCUT2D eigenvalue weighted by molar-refractivity contribution is 0.492. The molecule has 0 radical (unpaired) electrons. The summed E-state index contributed by atoms with van der Waals surface area (Å²) in [7, 11) is 0. The molecule has 2 atom stereocenters. The molecule has 1 nitrogen and oxygen atoms in total. The van der Waals surface area contributed by atoms with E-state index >= 15 is 0 Å². The van der Waals surface area contributed by atoms with Crippen LogP contribution in [0.3, 0.4) is 0 Å². The molecule has 0 aliphatic heterocycles. The average Bonchev–Trinajstić information content (AvgIpc) is 3.58. The molecule has 0 amide bonds. The molecule has 2 aliphatic rings. The van der Waals surface area contributed by atoms with Gasteiger partial charge in [-0.1, -0.05) is 152 Å². The normalized spacial score (nSPS) is 18.2. The lowest BCUT2D eigenvalue weighted by atomic mass is 9.79. The monoisotopic (exact) mass is 603 g/mol. The molecule has 0 bridgehead atoms. The number of fused-ring (bicyclic) bond motifs is 8. The molecular formula is C46H30O. The van der Waals surface area contributed by atoms with Crippen molar-refractivity contribution in [2.24, 2.45) is 5.92 Å². The van der Waals surface area contributed by atoms with Gasteiger partial charge >= 0.3 is 0 Å². The summed E-state index contributed by atoms with van der Waals surface area (Å²) in [5, 5.41) is 7.34. The number of hydrogen-bond donors (Lipinski definition) is 0. The van der Waals surface area contributed by atoms with E-state index < -0.39 is 6.04 Å². The molecule has 8 aromatic rings. The largest absolute Gasteiger partial charge is 0.460 e. The molecule has 0 spiro atoms. The van der Waals surface area contributed by atoms with Gasteiger partial charge in [-0.05, 0) is 83.9 Å². The predicted molar refractivity (Wildman–Crippen MR) is 199 cm³/mol. The van der Waals surface area contributed by atoms with Crippen molar-refractivity contribution in [3.8, 4) is 33.4 Å². The Labute approximate surface area is 280 Å². The van der Waals surface area contributed by atoms with Crippen molar-refractivity contribution in [1.82, 2.24) is 0 Å². The first-order chi connectivity index (χ1) is 25.4. The van der Waals surface area contributed by atoms with Crippen LogP contribution in [-0.2, 0) is 0 Å². The Kier molecular flexibility index (Phi) is 4.77. The highest BCUT2D eigenvalue weighted by atomic mass is 16.3. The van der Waals surface area contributed by atoms with Gasteiger partial charge in [0.25, 0.3) is 0 Å². The van der Waals surface area contributed by atoms with Gasteiger partial charge in [0, 0.05) is 22.8 Å². The summed E-state index contributed by atoms with van der Waals surface area (Å²) >= 11 is 0. The zero-order valence-corrected chi connectivity index (χ0v) is 25.3. The second-order valence-corrected chi connectivity index (χ2v) is 12.4. The first-order valence-electron chi connectivity index (χ1n) is 18.5. The van der Waals surface area contributed by atoms with E-state index in [4.69, 9.17) is 11.3 Å². The zero-order chi connectivity index (χ0) is 35.2. The summed E-state index contributed by atoms with van der Waals surface area (Å²) in [6.45, 7) is 0. The fourth-order valence-electron chi connectivity index (χ4n) is 7.85. The molecular weight excluding hydrogens is 569 g/mol. The van der Waals surface area contributed by atoms with E-state index in [1.54, 1.807) is 0 Å². The van der Waals surface area contributed by atoms with E-state index in [9.17, 15) is 0 Å². The van der Waals surface area contributed by atoms with Crippen molar-refractivity contribution in [3.05, 3.63) is 175 Å². The highest BCUT2D eigenvalue weighted by molar-refractivity contribution is 6.25. The van der Waals surface area contributed by atoms with Crippen molar-refractivity contribution in [2.45, 2.75) is 5.92 Å². The highest BCUT2D eigenvalue weighted by Gasteiger charge is 2.30. The molecule has 0 N–H and O–H groups in total. The molecule has 7 aromatic carbocycles. The maximum atomic E-state index is 8.82. The lowest BCUT2D eigenvalue weighted by Gasteiger charge is -2.23. The van der Waals surface area contributed by atoms with Crippen LogP contribution < -0.4 is 0 Å². The van der Waals surface area contributed by atoms with Crippen LogP contribution in [0.4, 0.5) is 0 Å². The van der Waals surface area contributed by atoms with E-state index in [1.807, 2.05) is 30.3 Å². The molecule has 10 rings (SSSR count). The molecule has 1 aromatic heterocycles. The van der Waals surface area contributed by atoms with E-state index in [-0.39, 0.29) is 41.6 Å². The van der Waals surface area contributed by atoms with Crippen LogP contribution in [0, 0.1) is 5.92 Å². The highest BCUT2D eigenvalue weighted by Crippen LogP contribution is 2.50. The van der Waals surface area contributed by atoms with Crippen LogP contribution in [0.25, 0.3) is 82.7 Å². The Morgan fingerprint density at radius 2 is 1.21 bits per heavy atom. The number of rotatable bonds is 3. The zero-order valence-electron chi connectivity index (χ0n) is 30.3. The fraction of sp³-hybridized carbons (Fsp3) is 0.0435. The van der Waals surface area contributed by atoms with Crippen molar-refractivity contribution in [3.63, 3.8) is 0 Å². The summed E-state index contributed by atoms with van der Waals surface area (Å²) in [6, 6.07) is 33.9. The molecule has 2 aliphatic carbocycles. The van der Waals surface area contributed by atoms with Crippen molar-refractivity contribution < 1.29 is 11.3 Å². The van der Waals surface area contributed by atoms with Gasteiger partial charge in [-0.15, -0.1) is 0 Å². The third-order valence-electron chi connectivity index (χ3n) is 9.87. The molecule has 1 heteroatoms. The second kappa shape index (κ2) is 10.3. The first-order valence-corrected chi connectivity index (χ1v) is 16.0. The SMILES string of the molecule is [2H]c1c([2H])c([2H])c(-c2cc(-c3c4ccccc4c(-c4cccc5oc6c(c45)C=CC4C=CC=CC64)c4ccccc34)c3ccccc3c2)c([2H])c1[2H]. The van der Waals surface area contributed by atoms with Gasteiger partial charge in [0.2, 0.25) is 0 Å². The Hall–Kier alpha value is -5.92. The fourth-order valence-corrected chi connectivity index (χ4v) is 7.85. The maximum absolute atomic E-state index is 8.82. The summed E-state index contributed by atoms with van der Waals surface area (Å²) in [4.78, 5) is 0. The third-order valence-corrected chi connectivity index (χ3v) is 9.87. The van der Waals surface area contributed by atoms with Crippen LogP contribution in [0.5, 0.6) is 0 Å². The number of benzene rings is 7. The summed E-state index contributed by atoms with van der Waals surface area (Å²) in [5.74, 6) is 1.43. The molecule has 47 heavy (non-hydrogen) atoms. The minimum Gasteiger partial charge on any atom is -0.460 e. The van der Waals surface area contributed by atoms with E-state index in [0.717, 1.165) is 76.9 Å². The predicted octanol–water partition coefficient (Wildman–Crippen LogP) is 12.7. The Balaban J connectivity index is 1.31. The van der Waals surface area contributed by atoms with E-state index in [2.05, 4.69) is 109 Å². The van der Waals surface area contributed by atoms with Crippen LogP contribution in [-0.4, -0.2) is 0 Å². The summed E-state index contributed by atoms with van der Waals surface area (Å²) < 4.78 is 49.3. The summed E-state index contributed by atoms with van der Waals surface area (Å²) in [6.07, 6.45) is 13.2. The van der Waals surface area contributed by atoms with Crippen LogP contribution in [0.15, 0.2) is 168 Å². The minimum atomic E-state index is -0.399. The molecule has 0 fully saturated rings. The molecule has 1 heterocycles. The maximum Gasteiger partial charge on any atom is 0.135 e. The number of furan rings is 1. The van der Waals surface area contributed by atoms with Gasteiger partial charge in [-0.25, -0.2) is 0 Å². The van der Waals surface area contributed by atoms with Gasteiger partial charge in [0.15, 0.2) is 0 Å². The molecule has 0 saturated heterocycles. The van der Waals surface area contributed by atoms with Crippen LogP contribution >= 0.6 is 0 Å². The van der Waals surface area contributed by atoms with Crippen molar-refractivity contribution >= 4 is 49.4 Å². The standard InChI is InChI=1S/C46H30O/c1-2-13-29(14-3-1)32-27-31-16-5-6-17-33(31)41(28-32)44-37-21-10-8-19-35(37)43(36-20-9-11-22-38(36)44)39-23-12-24-42-45(39)40-26-25-30-15-4-7-18-34(30)46(40)47-42/h1-28,30,34H/i1D,2D,3D,13D,14D. The van der Waals surface area contributed by atoms with Gasteiger partial charge in [-0.2, -0.15) is 0 Å². The Bertz CT molecular complexity index is 2840. The number of hydrogen-bond acceptors (Lipinski definition) is 1. The van der Waals surface area contributed by atoms with Crippen LogP contribution in [0.2, 0.25) is 0 Å². The van der Waals surface area contributed by atoms with Crippen molar-refractivity contribution in [1.29, 1.82) is 0 Å². The smallest absolute Gasteiger partial charge is 0.135 e. The lowest BCUT2D eigenvalue weighted by Crippen LogP contribution is -2.11. The summed E-state index contributed by atoms with van der Waals surface area (Å²) in [5.41, 5.74) is 6.97. The first kappa shape index (κ1) is 21.8. The topological polar surface area (TPSA) is 13.1 Å². The van der Waals surface area contributed by atoms with E-state index in [1.165, 1.54) is 0 Å². The second-order valence-electron chi connectivity index (χ2n) is 12.4. The number of allylic oxidation sites excluding steroid dienone is 5. The Morgan fingerprint density at radius 3 is 1.96 bits per heavy atom. The van der Waals surface area contributed by atoms with Gasteiger partial charge in [0.1, 0.15) is 11.3 Å². The quantitative estimate of drug-likeness (QED) is 0.183. The van der Waals surface area contributed by atoms with Gasteiger partial charge in [-0.3, -0.25) is 0 Å². The van der Waals surface area contributed by atoms with Crippen LogP contribution in [0.1, 0.15) is 24.1 Å². The molecule has 220 valence electrons. The van der Waals surface area contributed by atoms with E-state index in [0.29, 0.717) is 5.56 Å². The van der Waals surface area contributed by atoms with Crippen molar-refractivity contribution in [2.75, 3.05) is 0 Å². The third kappa shape index (κ3) is 3.96.